The number of ether oxygens (including phenoxy) is 2. The maximum Gasteiger partial charge on any atom is 0.411 e. The molecule has 0 radical (unpaired) electrons. The van der Waals surface area contributed by atoms with Gasteiger partial charge >= 0.3 is 6.09 Å². The molecule has 5 heteroatoms. The molecule has 0 atom stereocenters. The van der Waals surface area contributed by atoms with E-state index >= 15 is 0 Å². The van der Waals surface area contributed by atoms with Crippen LogP contribution in [0.4, 0.5) is 10.5 Å². The van der Waals surface area contributed by atoms with E-state index in [2.05, 4.69) is 28.3 Å². The van der Waals surface area contributed by atoms with Crippen LogP contribution in [0.2, 0.25) is 0 Å². The van der Waals surface area contributed by atoms with Crippen LogP contribution in [0.1, 0.15) is 10.4 Å². The second-order valence-corrected chi connectivity index (χ2v) is 6.30. The lowest BCUT2D eigenvalue weighted by molar-refractivity contribution is 0.187. The lowest BCUT2D eigenvalue weighted by Gasteiger charge is -2.10. The zero-order chi connectivity index (χ0) is 16.2. The van der Waals surface area contributed by atoms with E-state index in [0.717, 1.165) is 11.3 Å². The van der Waals surface area contributed by atoms with Crippen molar-refractivity contribution in [2.24, 2.45) is 0 Å². The van der Waals surface area contributed by atoms with Crippen molar-refractivity contribution in [2.75, 3.05) is 12.4 Å². The van der Waals surface area contributed by atoms with Gasteiger partial charge in [0.25, 0.3) is 0 Å². The molecule has 0 aliphatic carbocycles. The summed E-state index contributed by atoms with van der Waals surface area (Å²) in [6, 6.07) is 16.0. The van der Waals surface area contributed by atoms with Gasteiger partial charge in [-0.05, 0) is 48.2 Å². The van der Waals surface area contributed by atoms with Crippen molar-refractivity contribution in [1.29, 1.82) is 0 Å². The normalized spacial score (nSPS) is 10.5. The average Bonchev–Trinajstić information content (AvgIpc) is 2.98. The molecule has 3 rings (SSSR count). The molecule has 0 spiro atoms. The van der Waals surface area contributed by atoms with Crippen LogP contribution < -0.4 is 10.1 Å². The summed E-state index contributed by atoms with van der Waals surface area (Å²) in [6.45, 7) is 2.44. The van der Waals surface area contributed by atoms with E-state index < -0.39 is 6.09 Å². The van der Waals surface area contributed by atoms with E-state index in [4.69, 9.17) is 4.74 Å². The lowest BCUT2D eigenvalue weighted by atomic mass is 10.2. The summed E-state index contributed by atoms with van der Waals surface area (Å²) in [6.07, 6.45) is -0.480. The third kappa shape index (κ3) is 3.63. The lowest BCUT2D eigenvalue weighted by Crippen LogP contribution is -2.11. The fraction of sp³-hybridized carbons (Fsp3) is 0.167. The summed E-state index contributed by atoms with van der Waals surface area (Å²) < 4.78 is 11.7. The summed E-state index contributed by atoms with van der Waals surface area (Å²) in [4.78, 5) is 12.4. The monoisotopic (exact) mass is 327 g/mol. The topological polar surface area (TPSA) is 47.6 Å². The van der Waals surface area contributed by atoms with Crippen molar-refractivity contribution in [1.82, 2.24) is 0 Å². The molecule has 0 saturated heterocycles. The Morgan fingerprint density at radius 1 is 1.17 bits per heavy atom. The molecule has 0 unspecified atom stereocenters. The van der Waals surface area contributed by atoms with Gasteiger partial charge in [-0.15, -0.1) is 11.3 Å². The van der Waals surface area contributed by atoms with Gasteiger partial charge in [-0.25, -0.2) is 4.79 Å². The van der Waals surface area contributed by atoms with Gasteiger partial charge in [-0.2, -0.15) is 0 Å². The number of thiophene rings is 1. The van der Waals surface area contributed by atoms with Crippen LogP contribution in [-0.2, 0) is 11.3 Å². The standard InChI is InChI=1S/C18H17NO3S/c1-12-9-14(7-8-16(12)19-18(20)21-2)22-11-15-10-13-5-3-4-6-17(13)23-15/h3-10H,11H2,1-2H3,(H,19,20). The molecule has 0 aliphatic rings. The van der Waals surface area contributed by atoms with Crippen molar-refractivity contribution >= 4 is 33.2 Å². The Morgan fingerprint density at radius 2 is 2.00 bits per heavy atom. The maximum absolute atomic E-state index is 11.3. The number of hydrogen-bond acceptors (Lipinski definition) is 4. The van der Waals surface area contributed by atoms with E-state index in [1.165, 1.54) is 22.1 Å². The first-order valence-electron chi connectivity index (χ1n) is 7.21. The molecule has 3 aromatic rings. The third-order valence-corrected chi connectivity index (χ3v) is 4.57. The summed E-state index contributed by atoms with van der Waals surface area (Å²) in [5.41, 5.74) is 1.63. The third-order valence-electron chi connectivity index (χ3n) is 3.48. The summed E-state index contributed by atoms with van der Waals surface area (Å²) in [5, 5.41) is 3.90. The Kier molecular flexibility index (Phi) is 4.48. The molecule has 1 N–H and O–H groups in total. The van der Waals surface area contributed by atoms with E-state index in [-0.39, 0.29) is 0 Å². The summed E-state index contributed by atoms with van der Waals surface area (Å²) in [5.74, 6) is 0.773. The summed E-state index contributed by atoms with van der Waals surface area (Å²) in [7, 11) is 1.34. The fourth-order valence-electron chi connectivity index (χ4n) is 2.29. The van der Waals surface area contributed by atoms with Gasteiger partial charge in [0.1, 0.15) is 12.4 Å². The van der Waals surface area contributed by atoms with Crippen molar-refractivity contribution < 1.29 is 14.3 Å². The van der Waals surface area contributed by atoms with Crippen LogP contribution in [0.25, 0.3) is 10.1 Å². The van der Waals surface area contributed by atoms with E-state index in [0.29, 0.717) is 12.3 Å². The highest BCUT2D eigenvalue weighted by molar-refractivity contribution is 7.19. The zero-order valence-corrected chi connectivity index (χ0v) is 13.8. The Bertz CT molecular complexity index is 808. The van der Waals surface area contributed by atoms with Crippen LogP contribution in [0.15, 0.2) is 48.5 Å². The number of amides is 1. The fourth-order valence-corrected chi connectivity index (χ4v) is 3.27. The van der Waals surface area contributed by atoms with Crippen LogP contribution in [0.5, 0.6) is 5.75 Å². The molecule has 1 amide bonds. The van der Waals surface area contributed by atoms with Gasteiger partial charge in [0.15, 0.2) is 0 Å². The molecule has 1 aromatic heterocycles. The number of benzene rings is 2. The largest absolute Gasteiger partial charge is 0.488 e. The molecule has 4 nitrogen and oxygen atoms in total. The van der Waals surface area contributed by atoms with Crippen LogP contribution in [0, 0.1) is 6.92 Å². The highest BCUT2D eigenvalue weighted by atomic mass is 32.1. The Labute approximate surface area is 138 Å². The van der Waals surface area contributed by atoms with Gasteiger partial charge in [0, 0.05) is 15.3 Å². The van der Waals surface area contributed by atoms with E-state index in [9.17, 15) is 4.79 Å². The predicted octanol–water partition coefficient (Wildman–Crippen LogP) is 4.97. The highest BCUT2D eigenvalue weighted by Crippen LogP contribution is 2.27. The molecular formula is C18H17NO3S. The van der Waals surface area contributed by atoms with Gasteiger partial charge < -0.3 is 9.47 Å². The van der Waals surface area contributed by atoms with Gasteiger partial charge in [0.05, 0.1) is 7.11 Å². The molecule has 23 heavy (non-hydrogen) atoms. The van der Waals surface area contributed by atoms with Crippen LogP contribution >= 0.6 is 11.3 Å². The molecule has 118 valence electrons. The Balaban J connectivity index is 1.68. The minimum atomic E-state index is -0.480. The van der Waals surface area contributed by atoms with E-state index in [1.807, 2.05) is 37.3 Å². The summed E-state index contributed by atoms with van der Waals surface area (Å²) >= 11 is 1.74. The Hall–Kier alpha value is -2.53. The minimum absolute atomic E-state index is 0.480. The first-order valence-corrected chi connectivity index (χ1v) is 8.03. The number of methoxy groups -OCH3 is 1. The molecule has 0 fully saturated rings. The van der Waals surface area contributed by atoms with Gasteiger partial charge in [-0.1, -0.05) is 18.2 Å². The van der Waals surface area contributed by atoms with Crippen molar-refractivity contribution in [3.05, 3.63) is 59.0 Å². The molecule has 0 bridgehead atoms. The maximum atomic E-state index is 11.3. The number of fused-ring (bicyclic) bond motifs is 1. The average molecular weight is 327 g/mol. The minimum Gasteiger partial charge on any atom is -0.488 e. The molecular weight excluding hydrogens is 310 g/mol. The molecule has 0 aliphatic heterocycles. The number of rotatable bonds is 4. The Morgan fingerprint density at radius 3 is 2.74 bits per heavy atom. The number of hydrogen-bond donors (Lipinski definition) is 1. The van der Waals surface area contributed by atoms with E-state index in [1.54, 1.807) is 11.3 Å². The molecule has 1 heterocycles. The predicted molar refractivity (Wildman–Crippen MR) is 93.4 cm³/mol. The second-order valence-electron chi connectivity index (χ2n) is 5.13. The van der Waals surface area contributed by atoms with Crippen LogP contribution in [-0.4, -0.2) is 13.2 Å². The van der Waals surface area contributed by atoms with Crippen molar-refractivity contribution in [2.45, 2.75) is 13.5 Å². The number of carbonyl (C=O) groups is 1. The van der Waals surface area contributed by atoms with Gasteiger partial charge in [-0.3, -0.25) is 5.32 Å². The van der Waals surface area contributed by atoms with Crippen molar-refractivity contribution in [3.63, 3.8) is 0 Å². The highest BCUT2D eigenvalue weighted by Gasteiger charge is 2.06. The smallest absolute Gasteiger partial charge is 0.411 e. The second kappa shape index (κ2) is 6.71. The van der Waals surface area contributed by atoms with Crippen LogP contribution in [0.3, 0.4) is 0 Å². The molecule has 0 saturated carbocycles. The molecule has 2 aromatic carbocycles. The van der Waals surface area contributed by atoms with Gasteiger partial charge in [0.2, 0.25) is 0 Å². The zero-order valence-electron chi connectivity index (χ0n) is 13.0. The first-order chi connectivity index (χ1) is 11.2. The number of nitrogens with one attached hydrogen (secondary N) is 1. The number of carbonyl (C=O) groups excluding carboxylic acids is 1. The SMILES string of the molecule is COC(=O)Nc1ccc(OCc2cc3ccccc3s2)cc1C. The quantitative estimate of drug-likeness (QED) is 0.736. The number of anilines is 1. The first kappa shape index (κ1) is 15.4. The number of aryl methyl sites for hydroxylation is 1. The van der Waals surface area contributed by atoms with Crippen molar-refractivity contribution in [3.8, 4) is 5.75 Å².